The smallest absolute Gasteiger partial charge is 0.329 e. The summed E-state index contributed by atoms with van der Waals surface area (Å²) in [5.74, 6) is -1.66. The van der Waals surface area contributed by atoms with Gasteiger partial charge in [0.2, 0.25) is 11.8 Å². The Morgan fingerprint density at radius 2 is 2.10 bits per heavy atom. The molecule has 0 saturated heterocycles. The Kier molecular flexibility index (Phi) is 4.26. The van der Waals surface area contributed by atoms with Crippen LogP contribution in [0.4, 0.5) is 5.13 Å². The quantitative estimate of drug-likeness (QED) is 0.726. The number of amides is 2. The number of carboxylic acids is 1. The van der Waals surface area contributed by atoms with Gasteiger partial charge in [-0.25, -0.2) is 9.78 Å². The number of carboxylic acid groups (broad SMARTS) is 1. The lowest BCUT2D eigenvalue weighted by atomic mass is 10.2. The highest BCUT2D eigenvalue weighted by molar-refractivity contribution is 7.13. The summed E-state index contributed by atoms with van der Waals surface area (Å²) in [4.78, 5) is 38.5. The van der Waals surface area contributed by atoms with Crippen molar-refractivity contribution in [3.05, 3.63) is 11.1 Å². The summed E-state index contributed by atoms with van der Waals surface area (Å²) in [7, 11) is 0. The number of aromatic nitrogens is 1. The van der Waals surface area contributed by atoms with Crippen molar-refractivity contribution in [2.75, 3.05) is 5.32 Å². The molecule has 1 heterocycles. The predicted molar refractivity (Wildman–Crippen MR) is 77.0 cm³/mol. The van der Waals surface area contributed by atoms with Crippen LogP contribution in [0, 0.1) is 5.92 Å². The van der Waals surface area contributed by atoms with Crippen molar-refractivity contribution in [1.29, 1.82) is 0 Å². The van der Waals surface area contributed by atoms with E-state index in [0.29, 0.717) is 23.7 Å². The Balaban J connectivity index is 1.89. The van der Waals surface area contributed by atoms with Crippen LogP contribution in [-0.4, -0.2) is 33.4 Å². The summed E-state index contributed by atoms with van der Waals surface area (Å²) < 4.78 is 0. The van der Waals surface area contributed by atoms with Gasteiger partial charge in [-0.1, -0.05) is 13.8 Å². The first-order valence-electron chi connectivity index (χ1n) is 6.62. The fraction of sp³-hybridized carbons (Fsp3) is 0.538. The first-order valence-corrected chi connectivity index (χ1v) is 7.50. The third-order valence-electron chi connectivity index (χ3n) is 3.19. The van der Waals surface area contributed by atoms with Crippen molar-refractivity contribution >= 4 is 34.3 Å². The van der Waals surface area contributed by atoms with Crippen LogP contribution in [0.3, 0.4) is 0 Å². The Bertz CT molecular complexity index is 578. The van der Waals surface area contributed by atoms with E-state index in [4.69, 9.17) is 5.11 Å². The molecule has 1 aromatic rings. The van der Waals surface area contributed by atoms with E-state index in [0.717, 1.165) is 0 Å². The highest BCUT2D eigenvalue weighted by atomic mass is 32.1. The number of nitrogens with one attached hydrogen (secondary N) is 2. The molecule has 0 spiro atoms. The van der Waals surface area contributed by atoms with Gasteiger partial charge >= 0.3 is 5.97 Å². The molecule has 0 radical (unpaired) electrons. The Hall–Kier alpha value is -1.96. The fourth-order valence-corrected chi connectivity index (χ4v) is 2.40. The Morgan fingerprint density at radius 3 is 2.62 bits per heavy atom. The number of nitrogens with zero attached hydrogens (tertiary/aromatic N) is 1. The Morgan fingerprint density at radius 1 is 1.43 bits per heavy atom. The van der Waals surface area contributed by atoms with Crippen LogP contribution in [0.25, 0.3) is 0 Å². The predicted octanol–water partition coefficient (Wildman–Crippen LogP) is 1.01. The van der Waals surface area contributed by atoms with Crippen molar-refractivity contribution in [1.82, 2.24) is 10.3 Å². The molecule has 0 aromatic carbocycles. The summed E-state index contributed by atoms with van der Waals surface area (Å²) in [5, 5.41) is 16.3. The molecule has 0 unspecified atom stereocenters. The average molecular weight is 311 g/mol. The van der Waals surface area contributed by atoms with Crippen LogP contribution in [0.2, 0.25) is 0 Å². The molecule has 0 bridgehead atoms. The number of thiazole rings is 1. The molecule has 114 valence electrons. The number of rotatable bonds is 6. The molecule has 0 atom stereocenters. The molecule has 2 amide bonds. The van der Waals surface area contributed by atoms with E-state index in [1.54, 1.807) is 19.2 Å². The SMILES string of the molecule is CC(C)C(=O)Nc1nc(CC(=O)NC2(C(=O)O)CC2)cs1. The number of aliphatic carboxylic acids is 1. The lowest BCUT2D eigenvalue weighted by Gasteiger charge is -2.11. The second-order valence-electron chi connectivity index (χ2n) is 5.40. The zero-order valence-electron chi connectivity index (χ0n) is 11.8. The second-order valence-corrected chi connectivity index (χ2v) is 6.26. The van der Waals surface area contributed by atoms with Crippen molar-refractivity contribution in [3.8, 4) is 0 Å². The maximum Gasteiger partial charge on any atom is 0.329 e. The number of hydrogen-bond donors (Lipinski definition) is 3. The lowest BCUT2D eigenvalue weighted by molar-refractivity contribution is -0.143. The largest absolute Gasteiger partial charge is 0.480 e. The molecule has 2 rings (SSSR count). The van der Waals surface area contributed by atoms with Gasteiger partial charge in [0.05, 0.1) is 12.1 Å². The fourth-order valence-electron chi connectivity index (χ4n) is 1.69. The van der Waals surface area contributed by atoms with Gasteiger partial charge in [-0.2, -0.15) is 0 Å². The topological polar surface area (TPSA) is 108 Å². The number of anilines is 1. The lowest BCUT2D eigenvalue weighted by Crippen LogP contribution is -2.43. The van der Waals surface area contributed by atoms with Crippen molar-refractivity contribution in [2.24, 2.45) is 5.92 Å². The molecule has 1 saturated carbocycles. The van der Waals surface area contributed by atoms with E-state index < -0.39 is 11.5 Å². The zero-order valence-corrected chi connectivity index (χ0v) is 12.6. The molecule has 7 nitrogen and oxygen atoms in total. The van der Waals surface area contributed by atoms with E-state index in [1.807, 2.05) is 0 Å². The van der Waals surface area contributed by atoms with E-state index in [9.17, 15) is 14.4 Å². The number of carbonyl (C=O) groups excluding carboxylic acids is 2. The first kappa shape index (κ1) is 15.4. The van der Waals surface area contributed by atoms with Crippen LogP contribution in [0.15, 0.2) is 5.38 Å². The normalized spacial score (nSPS) is 15.6. The van der Waals surface area contributed by atoms with Gasteiger partial charge in [0.15, 0.2) is 5.13 Å². The molecule has 1 aliphatic rings. The van der Waals surface area contributed by atoms with Gasteiger partial charge < -0.3 is 15.7 Å². The van der Waals surface area contributed by atoms with Gasteiger partial charge in [-0.15, -0.1) is 11.3 Å². The van der Waals surface area contributed by atoms with Crippen LogP contribution >= 0.6 is 11.3 Å². The maximum atomic E-state index is 11.8. The minimum atomic E-state index is -1.08. The van der Waals surface area contributed by atoms with Crippen LogP contribution in [0.5, 0.6) is 0 Å². The maximum absolute atomic E-state index is 11.8. The summed E-state index contributed by atoms with van der Waals surface area (Å²) in [5.41, 5.74) is -0.570. The van der Waals surface area contributed by atoms with Gasteiger partial charge in [0.1, 0.15) is 5.54 Å². The van der Waals surface area contributed by atoms with Gasteiger partial charge in [-0.05, 0) is 12.8 Å². The summed E-state index contributed by atoms with van der Waals surface area (Å²) in [6.07, 6.45) is 0.921. The highest BCUT2D eigenvalue weighted by Gasteiger charge is 2.51. The standard InChI is InChI=1S/C13H17N3O4S/c1-7(2)10(18)15-12-14-8(6-21-12)5-9(17)16-13(3-4-13)11(19)20/h6-7H,3-5H2,1-2H3,(H,16,17)(H,19,20)(H,14,15,18). The molecule has 0 aliphatic heterocycles. The van der Waals surface area contributed by atoms with Crippen LogP contribution in [0.1, 0.15) is 32.4 Å². The third-order valence-corrected chi connectivity index (χ3v) is 3.99. The molecule has 1 aliphatic carbocycles. The molecule has 8 heteroatoms. The van der Waals surface area contributed by atoms with E-state index in [2.05, 4.69) is 15.6 Å². The molecule has 21 heavy (non-hydrogen) atoms. The van der Waals surface area contributed by atoms with E-state index in [1.165, 1.54) is 11.3 Å². The van der Waals surface area contributed by atoms with Gasteiger partial charge in [0.25, 0.3) is 0 Å². The molecular formula is C13H17N3O4S. The average Bonchev–Trinajstić information content (AvgIpc) is 3.04. The van der Waals surface area contributed by atoms with E-state index in [-0.39, 0.29) is 24.2 Å². The van der Waals surface area contributed by atoms with Crippen molar-refractivity contribution < 1.29 is 19.5 Å². The number of carbonyl (C=O) groups is 3. The number of hydrogen-bond acceptors (Lipinski definition) is 5. The minimum absolute atomic E-state index is 0.00305. The first-order chi connectivity index (χ1) is 9.82. The van der Waals surface area contributed by atoms with Crippen LogP contribution < -0.4 is 10.6 Å². The summed E-state index contributed by atoms with van der Waals surface area (Å²) >= 11 is 1.24. The third kappa shape index (κ3) is 3.78. The molecular weight excluding hydrogens is 294 g/mol. The molecule has 1 aromatic heterocycles. The van der Waals surface area contributed by atoms with Crippen molar-refractivity contribution in [3.63, 3.8) is 0 Å². The van der Waals surface area contributed by atoms with Crippen LogP contribution in [-0.2, 0) is 20.8 Å². The van der Waals surface area contributed by atoms with E-state index >= 15 is 0 Å². The highest BCUT2D eigenvalue weighted by Crippen LogP contribution is 2.35. The minimum Gasteiger partial charge on any atom is -0.480 e. The van der Waals surface area contributed by atoms with Gasteiger partial charge in [0, 0.05) is 11.3 Å². The molecule has 3 N–H and O–H groups in total. The second kappa shape index (κ2) is 5.80. The zero-order chi connectivity index (χ0) is 15.6. The summed E-state index contributed by atoms with van der Waals surface area (Å²) in [6.45, 7) is 3.55. The Labute approximate surface area is 125 Å². The van der Waals surface area contributed by atoms with Crippen molar-refractivity contribution in [2.45, 2.75) is 38.6 Å². The monoisotopic (exact) mass is 311 g/mol. The molecule has 1 fully saturated rings. The van der Waals surface area contributed by atoms with Gasteiger partial charge in [-0.3, -0.25) is 9.59 Å². The summed E-state index contributed by atoms with van der Waals surface area (Å²) in [6, 6.07) is 0.